The molecule has 5 nitrogen and oxygen atoms in total. The van der Waals surface area contributed by atoms with Crippen LogP contribution in [0.5, 0.6) is 0 Å². The van der Waals surface area contributed by atoms with E-state index in [9.17, 15) is 4.79 Å². The topological polar surface area (TPSA) is 49.3 Å². The average Bonchev–Trinajstić information content (AvgIpc) is 2.39. The average molecular weight is 285 g/mol. The van der Waals surface area contributed by atoms with E-state index in [2.05, 4.69) is 35.7 Å². The number of alkyl halides is 1. The molecular weight excluding hydrogens is 272 g/mol. The molecule has 2 rings (SSSR count). The SMILES string of the molecule is O=CC(Br)N1CCN(c2ncccn2)CC1. The Morgan fingerprint density at radius 1 is 1.25 bits per heavy atom. The molecule has 1 aromatic rings. The molecule has 1 atom stereocenters. The van der Waals surface area contributed by atoms with Gasteiger partial charge in [-0.3, -0.25) is 4.90 Å². The van der Waals surface area contributed by atoms with Crippen molar-refractivity contribution in [3.8, 4) is 0 Å². The highest BCUT2D eigenvalue weighted by Gasteiger charge is 2.22. The fourth-order valence-electron chi connectivity index (χ4n) is 1.71. The second kappa shape index (κ2) is 5.36. The molecule has 86 valence electrons. The number of nitrogens with zero attached hydrogens (tertiary/aromatic N) is 4. The number of halogens is 1. The van der Waals surface area contributed by atoms with Crippen LogP contribution < -0.4 is 4.90 Å². The van der Waals surface area contributed by atoms with Gasteiger partial charge in [-0.25, -0.2) is 9.97 Å². The molecule has 1 unspecified atom stereocenters. The van der Waals surface area contributed by atoms with E-state index in [-0.39, 0.29) is 4.95 Å². The highest BCUT2D eigenvalue weighted by atomic mass is 79.9. The van der Waals surface area contributed by atoms with Gasteiger partial charge in [-0.2, -0.15) is 0 Å². The van der Waals surface area contributed by atoms with Gasteiger partial charge >= 0.3 is 0 Å². The molecule has 1 aliphatic rings. The van der Waals surface area contributed by atoms with Crippen molar-refractivity contribution in [2.24, 2.45) is 0 Å². The van der Waals surface area contributed by atoms with Crippen molar-refractivity contribution in [2.75, 3.05) is 31.1 Å². The lowest BCUT2D eigenvalue weighted by Crippen LogP contribution is -2.49. The maximum atomic E-state index is 10.6. The van der Waals surface area contributed by atoms with Gasteiger partial charge in [-0.15, -0.1) is 0 Å². The van der Waals surface area contributed by atoms with Crippen LogP contribution in [-0.4, -0.2) is 52.3 Å². The Balaban J connectivity index is 1.93. The van der Waals surface area contributed by atoms with Gasteiger partial charge in [0.1, 0.15) is 11.2 Å². The Morgan fingerprint density at radius 3 is 2.44 bits per heavy atom. The van der Waals surface area contributed by atoms with Gasteiger partial charge in [0, 0.05) is 38.6 Å². The number of aromatic nitrogens is 2. The summed E-state index contributed by atoms with van der Waals surface area (Å²) in [4.78, 5) is 23.1. The third-order valence-corrected chi connectivity index (χ3v) is 3.41. The van der Waals surface area contributed by atoms with Crippen molar-refractivity contribution in [1.82, 2.24) is 14.9 Å². The van der Waals surface area contributed by atoms with Crippen LogP contribution in [-0.2, 0) is 4.79 Å². The summed E-state index contributed by atoms with van der Waals surface area (Å²) in [6.45, 7) is 3.37. The van der Waals surface area contributed by atoms with Crippen molar-refractivity contribution in [2.45, 2.75) is 4.95 Å². The van der Waals surface area contributed by atoms with Crippen LogP contribution >= 0.6 is 15.9 Å². The zero-order valence-corrected chi connectivity index (χ0v) is 10.4. The summed E-state index contributed by atoms with van der Waals surface area (Å²) in [5.41, 5.74) is 0. The second-order valence-corrected chi connectivity index (χ2v) is 4.52. The summed E-state index contributed by atoms with van der Waals surface area (Å²) in [6, 6.07) is 1.81. The molecule has 0 N–H and O–H groups in total. The van der Waals surface area contributed by atoms with Crippen molar-refractivity contribution in [3.63, 3.8) is 0 Å². The molecule has 0 aliphatic carbocycles. The quantitative estimate of drug-likeness (QED) is 0.460. The van der Waals surface area contributed by atoms with E-state index < -0.39 is 0 Å². The van der Waals surface area contributed by atoms with E-state index in [0.717, 1.165) is 38.4 Å². The smallest absolute Gasteiger partial charge is 0.225 e. The fourth-order valence-corrected chi connectivity index (χ4v) is 2.12. The fraction of sp³-hybridized carbons (Fsp3) is 0.500. The summed E-state index contributed by atoms with van der Waals surface area (Å²) >= 11 is 3.32. The number of anilines is 1. The summed E-state index contributed by atoms with van der Waals surface area (Å²) in [7, 11) is 0. The molecular formula is C10H13BrN4O. The minimum atomic E-state index is -0.175. The Morgan fingerprint density at radius 2 is 1.88 bits per heavy atom. The van der Waals surface area contributed by atoms with E-state index in [4.69, 9.17) is 0 Å². The number of aldehydes is 1. The normalized spacial score (nSPS) is 19.4. The van der Waals surface area contributed by atoms with Gasteiger partial charge in [-0.05, 0) is 6.07 Å². The zero-order chi connectivity index (χ0) is 11.4. The summed E-state index contributed by atoms with van der Waals surface area (Å²) in [5, 5.41) is 0. The van der Waals surface area contributed by atoms with E-state index >= 15 is 0 Å². The van der Waals surface area contributed by atoms with Gasteiger partial charge in [-0.1, -0.05) is 15.9 Å². The molecule has 1 aromatic heterocycles. The molecule has 0 radical (unpaired) electrons. The van der Waals surface area contributed by atoms with E-state index in [1.54, 1.807) is 18.5 Å². The molecule has 2 heterocycles. The third kappa shape index (κ3) is 2.56. The summed E-state index contributed by atoms with van der Waals surface area (Å²) in [6.07, 6.45) is 4.40. The Kier molecular flexibility index (Phi) is 3.84. The zero-order valence-electron chi connectivity index (χ0n) is 8.79. The molecule has 0 spiro atoms. The first-order valence-electron chi connectivity index (χ1n) is 5.16. The molecule has 1 fully saturated rings. The molecule has 1 aliphatic heterocycles. The van der Waals surface area contributed by atoms with Crippen molar-refractivity contribution >= 4 is 28.2 Å². The predicted octanol–water partition coefficient (Wildman–Crippen LogP) is 0.518. The highest BCUT2D eigenvalue weighted by Crippen LogP contribution is 2.13. The molecule has 1 saturated heterocycles. The van der Waals surface area contributed by atoms with Crippen LogP contribution in [0.3, 0.4) is 0 Å². The van der Waals surface area contributed by atoms with Crippen molar-refractivity contribution in [3.05, 3.63) is 18.5 Å². The van der Waals surface area contributed by atoms with Crippen molar-refractivity contribution < 1.29 is 4.79 Å². The number of hydrogen-bond donors (Lipinski definition) is 0. The van der Waals surface area contributed by atoms with Crippen LogP contribution in [0.1, 0.15) is 0 Å². The lowest BCUT2D eigenvalue weighted by Gasteiger charge is -2.35. The Labute approximate surface area is 103 Å². The second-order valence-electron chi connectivity index (χ2n) is 3.58. The molecule has 0 bridgehead atoms. The minimum absolute atomic E-state index is 0.175. The number of carbonyl (C=O) groups is 1. The number of hydrogen-bond acceptors (Lipinski definition) is 5. The predicted molar refractivity (Wildman–Crippen MR) is 64.6 cm³/mol. The van der Waals surface area contributed by atoms with Crippen molar-refractivity contribution in [1.29, 1.82) is 0 Å². The maximum Gasteiger partial charge on any atom is 0.225 e. The van der Waals surface area contributed by atoms with E-state index in [0.29, 0.717) is 0 Å². The third-order valence-electron chi connectivity index (χ3n) is 2.61. The minimum Gasteiger partial charge on any atom is -0.338 e. The van der Waals surface area contributed by atoms with Gasteiger partial charge in [0.05, 0.1) is 0 Å². The number of carbonyl (C=O) groups excluding carboxylic acids is 1. The summed E-state index contributed by atoms with van der Waals surface area (Å²) < 4.78 is 0. The number of piperazine rings is 1. The lowest BCUT2D eigenvalue weighted by atomic mass is 10.3. The first kappa shape index (κ1) is 11.5. The van der Waals surface area contributed by atoms with Crippen LogP contribution in [0, 0.1) is 0 Å². The van der Waals surface area contributed by atoms with Gasteiger partial charge in [0.25, 0.3) is 0 Å². The maximum absolute atomic E-state index is 10.6. The van der Waals surface area contributed by atoms with Gasteiger partial charge in [0.2, 0.25) is 5.95 Å². The standard InChI is InChI=1S/C10H13BrN4O/c11-9(8-16)14-4-6-15(7-5-14)10-12-2-1-3-13-10/h1-3,8-9H,4-7H2. The number of rotatable bonds is 3. The molecule has 0 amide bonds. The molecule has 0 aromatic carbocycles. The first-order valence-corrected chi connectivity index (χ1v) is 6.08. The molecule has 0 saturated carbocycles. The Bertz CT molecular complexity index is 340. The van der Waals surface area contributed by atoms with E-state index in [1.807, 2.05) is 0 Å². The van der Waals surface area contributed by atoms with Crippen LogP contribution in [0.25, 0.3) is 0 Å². The van der Waals surface area contributed by atoms with Crippen LogP contribution in [0.4, 0.5) is 5.95 Å². The first-order chi connectivity index (χ1) is 7.81. The summed E-state index contributed by atoms with van der Waals surface area (Å²) in [5.74, 6) is 0.763. The lowest BCUT2D eigenvalue weighted by molar-refractivity contribution is -0.109. The van der Waals surface area contributed by atoms with Crippen LogP contribution in [0.2, 0.25) is 0 Å². The Hall–Kier alpha value is -1.01. The highest BCUT2D eigenvalue weighted by molar-refractivity contribution is 9.09. The molecule has 16 heavy (non-hydrogen) atoms. The van der Waals surface area contributed by atoms with Gasteiger partial charge in [0.15, 0.2) is 0 Å². The van der Waals surface area contributed by atoms with Gasteiger partial charge < -0.3 is 9.69 Å². The molecule has 6 heteroatoms. The van der Waals surface area contributed by atoms with Crippen LogP contribution in [0.15, 0.2) is 18.5 Å². The monoisotopic (exact) mass is 284 g/mol. The van der Waals surface area contributed by atoms with E-state index in [1.165, 1.54) is 0 Å². The largest absolute Gasteiger partial charge is 0.338 e.